The SMILES string of the molecule is C[C@H](CCCc1ccccc1)[C@H]1CCC2C3C(CC[C@@]21C)[C@@]1(C)CC[C@H](NCCCNCCCCNCCCN)C[C@@H]1C[C@H]3O. The van der Waals surface area contributed by atoms with E-state index in [4.69, 9.17) is 5.73 Å². The Balaban J connectivity index is 1.04. The maximum atomic E-state index is 11.8. The van der Waals surface area contributed by atoms with Gasteiger partial charge in [-0.05, 0) is 181 Å². The summed E-state index contributed by atoms with van der Waals surface area (Å²) in [4.78, 5) is 0. The maximum absolute atomic E-state index is 11.8. The fourth-order valence-corrected chi connectivity index (χ4v) is 11.4. The van der Waals surface area contributed by atoms with Crippen molar-refractivity contribution in [3.63, 3.8) is 0 Å². The zero-order valence-electron chi connectivity index (χ0n) is 29.4. The van der Waals surface area contributed by atoms with Crippen LogP contribution in [-0.4, -0.2) is 56.5 Å². The number of hydrogen-bond donors (Lipinski definition) is 5. The number of nitrogens with two attached hydrogens (primary N) is 1. The lowest BCUT2D eigenvalue weighted by Gasteiger charge is -2.62. The summed E-state index contributed by atoms with van der Waals surface area (Å²) in [5.74, 6) is 4.27. The van der Waals surface area contributed by atoms with Gasteiger partial charge in [0.25, 0.3) is 0 Å². The topological polar surface area (TPSA) is 82.3 Å². The van der Waals surface area contributed by atoms with Crippen LogP contribution in [0, 0.1) is 46.3 Å². The molecule has 4 fully saturated rings. The number of fused-ring (bicyclic) bond motifs is 5. The van der Waals surface area contributed by atoms with Crippen LogP contribution < -0.4 is 21.7 Å². The van der Waals surface area contributed by atoms with Gasteiger partial charge in [-0.25, -0.2) is 0 Å². The summed E-state index contributed by atoms with van der Waals surface area (Å²) in [5, 5.41) is 22.9. The van der Waals surface area contributed by atoms with Gasteiger partial charge in [-0.1, -0.05) is 57.5 Å². The smallest absolute Gasteiger partial charge is 0.0577 e. The molecule has 0 bridgehead atoms. The Morgan fingerprint density at radius 2 is 1.49 bits per heavy atom. The van der Waals surface area contributed by atoms with Crippen LogP contribution in [0.15, 0.2) is 30.3 Å². The summed E-state index contributed by atoms with van der Waals surface area (Å²) < 4.78 is 0. The summed E-state index contributed by atoms with van der Waals surface area (Å²) in [6.45, 7) is 14.1. The molecular formula is C40H70N4O. The molecule has 5 heteroatoms. The average Bonchev–Trinajstić information content (AvgIpc) is 3.40. The molecule has 5 nitrogen and oxygen atoms in total. The van der Waals surface area contributed by atoms with Crippen molar-refractivity contribution in [1.29, 1.82) is 0 Å². The third kappa shape index (κ3) is 8.55. The fraction of sp³-hybridized carbons (Fsp3) is 0.850. The first-order chi connectivity index (χ1) is 21.9. The molecule has 0 saturated heterocycles. The molecule has 6 N–H and O–H groups in total. The van der Waals surface area contributed by atoms with E-state index in [9.17, 15) is 5.11 Å². The van der Waals surface area contributed by atoms with Crippen molar-refractivity contribution in [2.75, 3.05) is 39.3 Å². The summed E-state index contributed by atoms with van der Waals surface area (Å²) in [6, 6.07) is 11.7. The Hall–Kier alpha value is -0.980. The van der Waals surface area contributed by atoms with Gasteiger partial charge >= 0.3 is 0 Å². The van der Waals surface area contributed by atoms with Crippen molar-refractivity contribution in [3.05, 3.63) is 35.9 Å². The molecule has 0 aromatic heterocycles. The monoisotopic (exact) mass is 623 g/mol. The van der Waals surface area contributed by atoms with E-state index in [0.29, 0.717) is 28.7 Å². The average molecular weight is 623 g/mol. The van der Waals surface area contributed by atoms with Crippen LogP contribution in [0.4, 0.5) is 0 Å². The van der Waals surface area contributed by atoms with Gasteiger partial charge in [-0.2, -0.15) is 0 Å². The molecule has 0 heterocycles. The molecule has 4 aliphatic carbocycles. The van der Waals surface area contributed by atoms with E-state index in [0.717, 1.165) is 75.8 Å². The largest absolute Gasteiger partial charge is 0.393 e. The molecule has 0 spiro atoms. The standard InChI is InChI=1S/C40H70N4O/c1-30(12-9-15-31-13-5-4-6-14-31)34-16-17-35-38-36(19-21-40(34,35)3)39(2)20-18-33(28-32(39)29-37(38)45)44-27-11-26-43-24-8-7-23-42-25-10-22-41/h4-6,13-14,30,32-38,42-45H,7-12,15-29,41H2,1-3H3/t30-,32-,33+,34-,35?,36?,37-,38?,39+,40-/m1/s1. The Labute approximate surface area is 277 Å². The minimum Gasteiger partial charge on any atom is -0.393 e. The fourth-order valence-electron chi connectivity index (χ4n) is 11.4. The number of hydrogen-bond acceptors (Lipinski definition) is 5. The molecule has 4 aliphatic rings. The van der Waals surface area contributed by atoms with Crippen LogP contribution in [0.2, 0.25) is 0 Å². The maximum Gasteiger partial charge on any atom is 0.0577 e. The summed E-state index contributed by atoms with van der Waals surface area (Å²) in [7, 11) is 0. The van der Waals surface area contributed by atoms with Crippen molar-refractivity contribution < 1.29 is 5.11 Å². The van der Waals surface area contributed by atoms with E-state index in [1.54, 1.807) is 0 Å². The first-order valence-corrected chi connectivity index (χ1v) is 19.4. The minimum absolute atomic E-state index is 0.0938. The highest BCUT2D eigenvalue weighted by Gasteiger charge is 2.62. The quantitative estimate of drug-likeness (QED) is 0.115. The van der Waals surface area contributed by atoms with Gasteiger partial charge in [0, 0.05) is 6.04 Å². The molecule has 0 radical (unpaired) electrons. The first-order valence-electron chi connectivity index (χ1n) is 19.4. The highest BCUT2D eigenvalue weighted by atomic mass is 16.3. The zero-order chi connectivity index (χ0) is 31.7. The summed E-state index contributed by atoms with van der Waals surface area (Å²) in [5.41, 5.74) is 7.88. The third-order valence-corrected chi connectivity index (χ3v) is 13.9. The van der Waals surface area contributed by atoms with Gasteiger partial charge in [0.1, 0.15) is 0 Å². The van der Waals surface area contributed by atoms with Gasteiger partial charge in [-0.3, -0.25) is 0 Å². The van der Waals surface area contributed by atoms with Gasteiger partial charge in [-0.15, -0.1) is 0 Å². The highest BCUT2D eigenvalue weighted by Crippen LogP contribution is 2.68. The highest BCUT2D eigenvalue weighted by molar-refractivity contribution is 5.15. The van der Waals surface area contributed by atoms with E-state index < -0.39 is 0 Å². The minimum atomic E-state index is -0.0938. The van der Waals surface area contributed by atoms with E-state index in [2.05, 4.69) is 67.1 Å². The first kappa shape index (κ1) is 35.3. The van der Waals surface area contributed by atoms with Crippen molar-refractivity contribution >= 4 is 0 Å². The van der Waals surface area contributed by atoms with Crippen LogP contribution >= 0.6 is 0 Å². The Morgan fingerprint density at radius 3 is 2.24 bits per heavy atom. The number of benzene rings is 1. The van der Waals surface area contributed by atoms with E-state index in [1.165, 1.54) is 89.0 Å². The molecular weight excluding hydrogens is 552 g/mol. The Morgan fingerprint density at radius 1 is 0.800 bits per heavy atom. The number of aryl methyl sites for hydroxylation is 1. The lowest BCUT2D eigenvalue weighted by molar-refractivity contribution is -0.167. The molecule has 45 heavy (non-hydrogen) atoms. The molecule has 0 aliphatic heterocycles. The molecule has 256 valence electrons. The zero-order valence-corrected chi connectivity index (χ0v) is 29.4. The van der Waals surface area contributed by atoms with E-state index in [-0.39, 0.29) is 6.10 Å². The lowest BCUT2D eigenvalue weighted by atomic mass is 9.43. The Bertz CT molecular complexity index is 990. The molecule has 10 atom stereocenters. The number of unbranched alkanes of at least 4 members (excludes halogenated alkanes) is 1. The second kappa shape index (κ2) is 16.9. The van der Waals surface area contributed by atoms with Crippen molar-refractivity contribution in [3.8, 4) is 0 Å². The molecule has 4 saturated carbocycles. The van der Waals surface area contributed by atoms with Gasteiger partial charge in [0.05, 0.1) is 6.10 Å². The number of nitrogens with one attached hydrogen (secondary N) is 3. The normalized spacial score (nSPS) is 36.7. The van der Waals surface area contributed by atoms with Gasteiger partial charge < -0.3 is 26.8 Å². The van der Waals surface area contributed by atoms with Crippen LogP contribution in [-0.2, 0) is 6.42 Å². The molecule has 0 amide bonds. The van der Waals surface area contributed by atoms with Crippen LogP contribution in [0.25, 0.3) is 0 Å². The molecule has 1 aromatic rings. The van der Waals surface area contributed by atoms with E-state index >= 15 is 0 Å². The summed E-state index contributed by atoms with van der Waals surface area (Å²) in [6.07, 6.45) is 19.0. The molecule has 1 aromatic carbocycles. The van der Waals surface area contributed by atoms with E-state index in [1.807, 2.05) is 0 Å². The molecule has 3 unspecified atom stereocenters. The van der Waals surface area contributed by atoms with Gasteiger partial charge in [0.15, 0.2) is 0 Å². The Kier molecular flexibility index (Phi) is 13.3. The third-order valence-electron chi connectivity index (χ3n) is 13.9. The number of rotatable bonds is 18. The number of aliphatic hydroxyl groups excluding tert-OH is 1. The van der Waals surface area contributed by atoms with Gasteiger partial charge in [0.2, 0.25) is 0 Å². The lowest BCUT2D eigenvalue weighted by Crippen LogP contribution is -2.59. The van der Waals surface area contributed by atoms with Crippen LogP contribution in [0.1, 0.15) is 116 Å². The second-order valence-corrected chi connectivity index (χ2v) is 16.5. The number of aliphatic hydroxyl groups is 1. The van der Waals surface area contributed by atoms with Crippen molar-refractivity contribution in [2.24, 2.45) is 52.1 Å². The molecule has 5 rings (SSSR count). The van der Waals surface area contributed by atoms with Crippen molar-refractivity contribution in [2.45, 2.75) is 129 Å². The predicted molar refractivity (Wildman–Crippen MR) is 190 cm³/mol. The van der Waals surface area contributed by atoms with Crippen LogP contribution in [0.5, 0.6) is 0 Å². The summed E-state index contributed by atoms with van der Waals surface area (Å²) >= 11 is 0. The predicted octanol–water partition coefficient (Wildman–Crippen LogP) is 6.93. The van der Waals surface area contributed by atoms with Crippen LogP contribution in [0.3, 0.4) is 0 Å². The second-order valence-electron chi connectivity index (χ2n) is 16.5. The van der Waals surface area contributed by atoms with Crippen molar-refractivity contribution in [1.82, 2.24) is 16.0 Å².